The van der Waals surface area contributed by atoms with Crippen LogP contribution in [0.5, 0.6) is 11.5 Å². The van der Waals surface area contributed by atoms with Crippen LogP contribution in [-0.2, 0) is 6.42 Å². The van der Waals surface area contributed by atoms with Crippen LogP contribution in [0, 0.1) is 0 Å². The van der Waals surface area contributed by atoms with Crippen LogP contribution in [0.25, 0.3) is 0 Å². The molecule has 0 N–H and O–H groups in total. The van der Waals surface area contributed by atoms with E-state index in [-0.39, 0.29) is 24.0 Å². The fraction of sp³-hybridized carbons (Fsp3) is 0.538. The van der Waals surface area contributed by atoms with Gasteiger partial charge in [-0.2, -0.15) is 0 Å². The monoisotopic (exact) mass is 352 g/mol. The summed E-state index contributed by atoms with van der Waals surface area (Å²) in [7, 11) is 9.91. The maximum atomic E-state index is 5.28. The number of ether oxygens (including phenoxy) is 2. The third-order valence-electron chi connectivity index (χ3n) is 2.52. The van der Waals surface area contributed by atoms with Crippen molar-refractivity contribution in [2.45, 2.75) is 6.42 Å². The topological polar surface area (TPSA) is 18.5 Å². The van der Waals surface area contributed by atoms with Crippen molar-refractivity contribution < 1.29 is 14.0 Å². The Hall–Kier alpha value is -0.490. The molecular formula is C13H23INO2+. The Labute approximate surface area is 121 Å². The first-order chi connectivity index (χ1) is 7.46. The number of nitrogens with zero attached hydrogens (tertiary/aromatic N) is 1. The van der Waals surface area contributed by atoms with Gasteiger partial charge in [-0.25, -0.2) is 0 Å². The first kappa shape index (κ1) is 16.5. The van der Waals surface area contributed by atoms with Crippen LogP contribution in [0.4, 0.5) is 0 Å². The van der Waals surface area contributed by atoms with Crippen molar-refractivity contribution in [3.8, 4) is 11.5 Å². The SMILES string of the molecule is COc1ccc(CC[N+](C)(C)C)cc1OC.I. The third kappa shape index (κ3) is 5.59. The number of quaternary nitrogens is 1. The summed E-state index contributed by atoms with van der Waals surface area (Å²) in [5, 5.41) is 0. The lowest BCUT2D eigenvalue weighted by Gasteiger charge is -2.23. The molecule has 1 aromatic rings. The summed E-state index contributed by atoms with van der Waals surface area (Å²) in [6.45, 7) is 1.11. The molecule has 0 heterocycles. The molecule has 0 aliphatic carbocycles. The summed E-state index contributed by atoms with van der Waals surface area (Å²) in [6.07, 6.45) is 1.05. The number of hydrogen-bond acceptors (Lipinski definition) is 2. The number of likely N-dealkylation sites (N-methyl/N-ethyl adjacent to an activating group) is 1. The minimum absolute atomic E-state index is 0. The number of halogens is 1. The predicted molar refractivity (Wildman–Crippen MR) is 81.6 cm³/mol. The number of methoxy groups -OCH3 is 2. The maximum absolute atomic E-state index is 5.28. The van der Waals surface area contributed by atoms with Gasteiger partial charge in [0.15, 0.2) is 11.5 Å². The van der Waals surface area contributed by atoms with Crippen molar-refractivity contribution in [1.29, 1.82) is 0 Å². The average molecular weight is 352 g/mol. The van der Waals surface area contributed by atoms with Gasteiger partial charge in [0.25, 0.3) is 0 Å². The van der Waals surface area contributed by atoms with Gasteiger partial charge in [-0.1, -0.05) is 6.07 Å². The summed E-state index contributed by atoms with van der Waals surface area (Å²) in [4.78, 5) is 0. The van der Waals surface area contributed by atoms with Gasteiger partial charge < -0.3 is 14.0 Å². The Morgan fingerprint density at radius 1 is 1.00 bits per heavy atom. The van der Waals surface area contributed by atoms with Crippen LogP contribution in [0.15, 0.2) is 18.2 Å². The average Bonchev–Trinajstić information content (AvgIpc) is 2.25. The van der Waals surface area contributed by atoms with Crippen LogP contribution >= 0.6 is 24.0 Å². The molecule has 1 aromatic carbocycles. The summed E-state index contributed by atoms with van der Waals surface area (Å²) in [5.74, 6) is 1.60. The highest BCUT2D eigenvalue weighted by Crippen LogP contribution is 2.27. The molecule has 0 amide bonds. The van der Waals surface area contributed by atoms with Gasteiger partial charge in [-0.05, 0) is 17.7 Å². The Bertz CT molecular complexity index is 348. The molecule has 4 heteroatoms. The molecule has 0 aromatic heterocycles. The second-order valence-electron chi connectivity index (χ2n) is 4.95. The molecule has 17 heavy (non-hydrogen) atoms. The standard InChI is InChI=1S/C13H22NO2.HI/c1-14(2,3)9-8-11-6-7-12(15-4)13(10-11)16-5;/h6-7,10H,8-9H2,1-5H3;1H/q+1;. The summed E-state index contributed by atoms with van der Waals surface area (Å²) >= 11 is 0. The third-order valence-corrected chi connectivity index (χ3v) is 2.52. The molecule has 0 saturated carbocycles. The van der Waals surface area contributed by atoms with E-state index in [4.69, 9.17) is 9.47 Å². The fourth-order valence-electron chi connectivity index (χ4n) is 1.50. The Kier molecular flexibility index (Phi) is 6.85. The van der Waals surface area contributed by atoms with E-state index in [9.17, 15) is 0 Å². The van der Waals surface area contributed by atoms with Gasteiger partial charge in [0.1, 0.15) is 0 Å². The molecule has 0 atom stereocenters. The molecule has 0 unspecified atom stereocenters. The zero-order chi connectivity index (χ0) is 12.2. The zero-order valence-corrected chi connectivity index (χ0v) is 13.6. The number of rotatable bonds is 5. The lowest BCUT2D eigenvalue weighted by atomic mass is 10.1. The largest absolute Gasteiger partial charge is 0.493 e. The molecule has 0 saturated heterocycles. The Morgan fingerprint density at radius 2 is 1.59 bits per heavy atom. The molecule has 0 spiro atoms. The van der Waals surface area contributed by atoms with E-state index in [2.05, 4.69) is 33.3 Å². The predicted octanol–water partition coefficient (Wildman–Crippen LogP) is 2.57. The van der Waals surface area contributed by atoms with Crippen molar-refractivity contribution >= 4 is 24.0 Å². The van der Waals surface area contributed by atoms with E-state index < -0.39 is 0 Å². The van der Waals surface area contributed by atoms with Crippen LogP contribution in [-0.4, -0.2) is 46.4 Å². The molecule has 1 rings (SSSR count). The molecule has 0 bridgehead atoms. The van der Waals surface area contributed by atoms with Crippen LogP contribution in [0.3, 0.4) is 0 Å². The van der Waals surface area contributed by atoms with E-state index in [1.807, 2.05) is 6.07 Å². The van der Waals surface area contributed by atoms with Gasteiger partial charge in [0.2, 0.25) is 0 Å². The minimum atomic E-state index is 0. The van der Waals surface area contributed by atoms with E-state index in [0.717, 1.165) is 28.9 Å². The second-order valence-corrected chi connectivity index (χ2v) is 4.95. The second kappa shape index (κ2) is 7.06. The van der Waals surface area contributed by atoms with Crippen LogP contribution in [0.1, 0.15) is 5.56 Å². The zero-order valence-electron chi connectivity index (χ0n) is 11.3. The summed E-state index contributed by atoms with van der Waals surface area (Å²) < 4.78 is 11.5. The highest BCUT2D eigenvalue weighted by atomic mass is 127. The smallest absolute Gasteiger partial charge is 0.160 e. The molecule has 0 aliphatic heterocycles. The number of benzene rings is 1. The van der Waals surface area contributed by atoms with E-state index in [1.165, 1.54) is 5.56 Å². The van der Waals surface area contributed by atoms with Crippen LogP contribution < -0.4 is 9.47 Å². The van der Waals surface area contributed by atoms with Crippen molar-refractivity contribution in [2.24, 2.45) is 0 Å². The Morgan fingerprint density at radius 3 is 2.06 bits per heavy atom. The van der Waals surface area contributed by atoms with E-state index in [0.29, 0.717) is 0 Å². The summed E-state index contributed by atoms with van der Waals surface area (Å²) in [5.41, 5.74) is 1.28. The lowest BCUT2D eigenvalue weighted by Crippen LogP contribution is -2.36. The first-order valence-corrected chi connectivity index (χ1v) is 5.47. The van der Waals surface area contributed by atoms with Gasteiger partial charge in [-0.15, -0.1) is 24.0 Å². The molecule has 3 nitrogen and oxygen atoms in total. The van der Waals surface area contributed by atoms with E-state index in [1.54, 1.807) is 14.2 Å². The molecular weight excluding hydrogens is 329 g/mol. The fourth-order valence-corrected chi connectivity index (χ4v) is 1.50. The normalized spacial score (nSPS) is 10.6. The highest BCUT2D eigenvalue weighted by Gasteiger charge is 2.09. The van der Waals surface area contributed by atoms with Crippen molar-refractivity contribution in [3.05, 3.63) is 23.8 Å². The Balaban J connectivity index is 0.00000256. The summed E-state index contributed by atoms with van der Waals surface area (Å²) in [6, 6.07) is 6.11. The minimum Gasteiger partial charge on any atom is -0.493 e. The quantitative estimate of drug-likeness (QED) is 0.599. The van der Waals surface area contributed by atoms with Crippen molar-refractivity contribution in [2.75, 3.05) is 41.9 Å². The van der Waals surface area contributed by atoms with Gasteiger partial charge in [0, 0.05) is 6.42 Å². The first-order valence-electron chi connectivity index (χ1n) is 5.47. The van der Waals surface area contributed by atoms with E-state index >= 15 is 0 Å². The molecule has 0 aliphatic rings. The van der Waals surface area contributed by atoms with Gasteiger partial charge >= 0.3 is 0 Å². The van der Waals surface area contributed by atoms with Crippen LogP contribution in [0.2, 0.25) is 0 Å². The number of hydrogen-bond donors (Lipinski definition) is 0. The van der Waals surface area contributed by atoms with Crippen molar-refractivity contribution in [1.82, 2.24) is 0 Å². The molecule has 98 valence electrons. The van der Waals surface area contributed by atoms with Crippen molar-refractivity contribution in [3.63, 3.8) is 0 Å². The highest BCUT2D eigenvalue weighted by molar-refractivity contribution is 14.0. The lowest BCUT2D eigenvalue weighted by molar-refractivity contribution is -0.870. The molecule has 0 fully saturated rings. The van der Waals surface area contributed by atoms with Gasteiger partial charge in [0.05, 0.1) is 41.9 Å². The maximum Gasteiger partial charge on any atom is 0.160 e. The molecule has 0 radical (unpaired) electrons. The van der Waals surface area contributed by atoms with Gasteiger partial charge in [-0.3, -0.25) is 0 Å².